The van der Waals surface area contributed by atoms with Crippen molar-refractivity contribution in [1.82, 2.24) is 4.57 Å². The number of pyridine rings is 1. The fraction of sp³-hybridized carbons (Fsp3) is 0.500. The van der Waals surface area contributed by atoms with Crippen molar-refractivity contribution in [3.05, 3.63) is 33.2 Å². The van der Waals surface area contributed by atoms with Crippen molar-refractivity contribution in [2.45, 2.75) is 34.2 Å². The van der Waals surface area contributed by atoms with E-state index in [2.05, 4.69) is 0 Å². The second kappa shape index (κ2) is 4.96. The summed E-state index contributed by atoms with van der Waals surface area (Å²) >= 11 is 0. The predicted octanol–water partition coefficient (Wildman–Crippen LogP) is 1.66. The molecule has 16 heavy (non-hydrogen) atoms. The van der Waals surface area contributed by atoms with Gasteiger partial charge in [-0.15, -0.1) is 0 Å². The van der Waals surface area contributed by atoms with Crippen LogP contribution in [-0.4, -0.2) is 17.1 Å². The van der Waals surface area contributed by atoms with E-state index in [4.69, 9.17) is 4.74 Å². The van der Waals surface area contributed by atoms with Crippen molar-refractivity contribution in [1.29, 1.82) is 0 Å². The Morgan fingerprint density at radius 1 is 1.38 bits per heavy atom. The maximum atomic E-state index is 11.7. The first-order chi connectivity index (χ1) is 7.52. The Kier molecular flexibility index (Phi) is 3.88. The molecule has 0 fully saturated rings. The van der Waals surface area contributed by atoms with Crippen LogP contribution < -0.4 is 5.56 Å². The van der Waals surface area contributed by atoms with E-state index < -0.39 is 0 Å². The van der Waals surface area contributed by atoms with Crippen molar-refractivity contribution >= 4 is 5.97 Å². The Morgan fingerprint density at radius 2 is 2.00 bits per heavy atom. The fourth-order valence-corrected chi connectivity index (χ4v) is 1.83. The van der Waals surface area contributed by atoms with Crippen LogP contribution in [0.25, 0.3) is 0 Å². The van der Waals surface area contributed by atoms with Crippen LogP contribution in [0.1, 0.15) is 35.5 Å². The minimum absolute atomic E-state index is 0.0782. The molecule has 0 unspecified atom stereocenters. The second-order valence-electron chi connectivity index (χ2n) is 3.59. The number of nitrogens with zero attached hydrogens (tertiary/aromatic N) is 1. The standard InChI is InChI=1S/C12H17NO3/c1-5-13-9(4)11(12(15)16-6-2)8(3)7-10(13)14/h7H,5-6H2,1-4H3. The quantitative estimate of drug-likeness (QED) is 0.732. The molecule has 0 atom stereocenters. The van der Waals surface area contributed by atoms with Crippen LogP contribution in [0.2, 0.25) is 0 Å². The van der Waals surface area contributed by atoms with Gasteiger partial charge in [-0.05, 0) is 33.3 Å². The summed E-state index contributed by atoms with van der Waals surface area (Å²) in [6.07, 6.45) is 0. The van der Waals surface area contributed by atoms with E-state index >= 15 is 0 Å². The lowest BCUT2D eigenvalue weighted by atomic mass is 10.1. The van der Waals surface area contributed by atoms with Crippen molar-refractivity contribution in [2.75, 3.05) is 6.61 Å². The molecule has 0 radical (unpaired) electrons. The van der Waals surface area contributed by atoms with Crippen LogP contribution in [0.5, 0.6) is 0 Å². The summed E-state index contributed by atoms with van der Waals surface area (Å²) in [4.78, 5) is 23.4. The van der Waals surface area contributed by atoms with E-state index in [0.29, 0.717) is 30.0 Å². The van der Waals surface area contributed by atoms with Gasteiger partial charge in [0, 0.05) is 18.3 Å². The van der Waals surface area contributed by atoms with Gasteiger partial charge in [0.2, 0.25) is 0 Å². The molecule has 1 aromatic rings. The van der Waals surface area contributed by atoms with Crippen molar-refractivity contribution in [2.24, 2.45) is 0 Å². The third kappa shape index (κ3) is 2.15. The van der Waals surface area contributed by atoms with E-state index in [9.17, 15) is 9.59 Å². The molecule has 0 saturated heterocycles. The summed E-state index contributed by atoms with van der Waals surface area (Å²) < 4.78 is 6.54. The third-order valence-corrected chi connectivity index (χ3v) is 2.56. The zero-order valence-electron chi connectivity index (χ0n) is 10.2. The highest BCUT2D eigenvalue weighted by Gasteiger charge is 2.16. The highest BCUT2D eigenvalue weighted by atomic mass is 16.5. The number of rotatable bonds is 3. The van der Waals surface area contributed by atoms with Crippen LogP contribution in [-0.2, 0) is 11.3 Å². The smallest absolute Gasteiger partial charge is 0.340 e. The van der Waals surface area contributed by atoms with Gasteiger partial charge in [0.15, 0.2) is 0 Å². The number of carbonyl (C=O) groups excluding carboxylic acids is 1. The highest BCUT2D eigenvalue weighted by Crippen LogP contribution is 2.12. The first-order valence-electron chi connectivity index (χ1n) is 5.41. The van der Waals surface area contributed by atoms with Gasteiger partial charge in [0.05, 0.1) is 12.2 Å². The number of carbonyl (C=O) groups is 1. The molecule has 0 spiro atoms. The van der Waals surface area contributed by atoms with E-state index in [1.165, 1.54) is 6.07 Å². The van der Waals surface area contributed by atoms with Crippen molar-refractivity contribution in [3.8, 4) is 0 Å². The number of hydrogen-bond donors (Lipinski definition) is 0. The van der Waals surface area contributed by atoms with Crippen LogP contribution in [0.4, 0.5) is 0 Å². The van der Waals surface area contributed by atoms with Gasteiger partial charge in [-0.1, -0.05) is 0 Å². The summed E-state index contributed by atoms with van der Waals surface area (Å²) in [5.41, 5.74) is 1.77. The van der Waals surface area contributed by atoms with Crippen molar-refractivity contribution in [3.63, 3.8) is 0 Å². The summed E-state index contributed by atoms with van der Waals surface area (Å²) in [5, 5.41) is 0. The largest absolute Gasteiger partial charge is 0.462 e. The maximum absolute atomic E-state index is 11.7. The van der Waals surface area contributed by atoms with E-state index in [-0.39, 0.29) is 11.5 Å². The van der Waals surface area contributed by atoms with Crippen LogP contribution in [0.15, 0.2) is 10.9 Å². The van der Waals surface area contributed by atoms with Crippen molar-refractivity contribution < 1.29 is 9.53 Å². The first kappa shape index (κ1) is 12.5. The molecular weight excluding hydrogens is 206 g/mol. The topological polar surface area (TPSA) is 48.3 Å². The average Bonchev–Trinajstić information content (AvgIpc) is 2.17. The monoisotopic (exact) mass is 223 g/mol. The normalized spacial score (nSPS) is 10.2. The molecule has 0 aliphatic rings. The number of ether oxygens (including phenoxy) is 1. The molecule has 4 heteroatoms. The molecular formula is C12H17NO3. The maximum Gasteiger partial charge on any atom is 0.340 e. The lowest BCUT2D eigenvalue weighted by Crippen LogP contribution is -2.25. The molecule has 0 N–H and O–H groups in total. The van der Waals surface area contributed by atoms with Gasteiger partial charge in [-0.3, -0.25) is 4.79 Å². The molecule has 1 aromatic heterocycles. The number of aromatic nitrogens is 1. The first-order valence-corrected chi connectivity index (χ1v) is 5.41. The molecule has 0 saturated carbocycles. The lowest BCUT2D eigenvalue weighted by molar-refractivity contribution is 0.0523. The molecule has 1 rings (SSSR count). The van der Waals surface area contributed by atoms with E-state index in [1.807, 2.05) is 6.92 Å². The predicted molar refractivity (Wildman–Crippen MR) is 61.8 cm³/mol. The molecule has 0 aromatic carbocycles. The molecule has 4 nitrogen and oxygen atoms in total. The molecule has 0 aliphatic carbocycles. The molecule has 0 amide bonds. The van der Waals surface area contributed by atoms with Gasteiger partial charge in [0.1, 0.15) is 0 Å². The third-order valence-electron chi connectivity index (χ3n) is 2.56. The van der Waals surface area contributed by atoms with Gasteiger partial charge in [-0.25, -0.2) is 4.79 Å². The molecule has 1 heterocycles. The summed E-state index contributed by atoms with van der Waals surface area (Å²) in [6.45, 7) is 8.04. The Bertz CT molecular complexity index is 460. The lowest BCUT2D eigenvalue weighted by Gasteiger charge is -2.13. The summed E-state index contributed by atoms with van der Waals surface area (Å²) in [5.74, 6) is -0.361. The minimum Gasteiger partial charge on any atom is -0.462 e. The Hall–Kier alpha value is -1.58. The van der Waals surface area contributed by atoms with Gasteiger partial charge < -0.3 is 9.30 Å². The number of esters is 1. The SMILES string of the molecule is CCOC(=O)c1c(C)cc(=O)n(CC)c1C. The Balaban J connectivity index is 3.39. The van der Waals surface area contributed by atoms with Crippen LogP contribution in [0.3, 0.4) is 0 Å². The number of hydrogen-bond acceptors (Lipinski definition) is 3. The average molecular weight is 223 g/mol. The van der Waals surface area contributed by atoms with Gasteiger partial charge >= 0.3 is 5.97 Å². The van der Waals surface area contributed by atoms with E-state index in [1.54, 1.807) is 25.3 Å². The zero-order chi connectivity index (χ0) is 12.3. The van der Waals surface area contributed by atoms with Gasteiger partial charge in [-0.2, -0.15) is 0 Å². The number of aryl methyl sites for hydroxylation is 1. The minimum atomic E-state index is -0.361. The Labute approximate surface area is 94.9 Å². The highest BCUT2D eigenvalue weighted by molar-refractivity contribution is 5.92. The summed E-state index contributed by atoms with van der Waals surface area (Å²) in [7, 11) is 0. The molecule has 0 bridgehead atoms. The zero-order valence-corrected chi connectivity index (χ0v) is 10.2. The summed E-state index contributed by atoms with van der Waals surface area (Å²) in [6, 6.07) is 1.47. The fourth-order valence-electron chi connectivity index (χ4n) is 1.83. The Morgan fingerprint density at radius 3 is 2.50 bits per heavy atom. The van der Waals surface area contributed by atoms with Gasteiger partial charge in [0.25, 0.3) is 5.56 Å². The second-order valence-corrected chi connectivity index (χ2v) is 3.59. The van der Waals surface area contributed by atoms with Crippen LogP contribution >= 0.6 is 0 Å². The van der Waals surface area contributed by atoms with E-state index in [0.717, 1.165) is 0 Å². The van der Waals surface area contributed by atoms with Crippen LogP contribution in [0, 0.1) is 13.8 Å². The molecule has 88 valence electrons. The molecule has 0 aliphatic heterocycles.